The molecular formula is C28H37N3O3. The molecule has 0 bridgehead atoms. The van der Waals surface area contributed by atoms with Crippen LogP contribution in [0.3, 0.4) is 0 Å². The van der Waals surface area contributed by atoms with Gasteiger partial charge in [0.25, 0.3) is 0 Å². The first-order chi connectivity index (χ1) is 16.7. The zero-order chi connectivity index (χ0) is 23.6. The Bertz CT molecular complexity index is 955. The fraction of sp³-hybridized carbons (Fsp3) is 0.464. The Labute approximate surface area is 203 Å². The first-order valence-electron chi connectivity index (χ1n) is 12.3. The van der Waals surface area contributed by atoms with E-state index in [1.807, 2.05) is 30.6 Å². The highest BCUT2D eigenvalue weighted by Gasteiger charge is 2.31. The summed E-state index contributed by atoms with van der Waals surface area (Å²) in [7, 11) is 1.78. The van der Waals surface area contributed by atoms with E-state index in [1.54, 1.807) is 7.11 Å². The Balaban J connectivity index is 1.46. The third-order valence-electron chi connectivity index (χ3n) is 6.88. The zero-order valence-corrected chi connectivity index (χ0v) is 20.2. The third-order valence-corrected chi connectivity index (χ3v) is 6.88. The number of aliphatic hydroxyl groups is 1. The molecule has 6 heteroatoms. The molecule has 34 heavy (non-hydrogen) atoms. The Hall–Kier alpha value is -2.51. The van der Waals surface area contributed by atoms with E-state index >= 15 is 0 Å². The lowest BCUT2D eigenvalue weighted by Crippen LogP contribution is -2.47. The van der Waals surface area contributed by atoms with Gasteiger partial charge in [-0.3, -0.25) is 14.8 Å². The van der Waals surface area contributed by atoms with Crippen molar-refractivity contribution in [2.75, 3.05) is 33.4 Å². The van der Waals surface area contributed by atoms with Crippen molar-refractivity contribution >= 4 is 0 Å². The van der Waals surface area contributed by atoms with Gasteiger partial charge in [-0.2, -0.15) is 0 Å². The lowest BCUT2D eigenvalue weighted by atomic mass is 9.84. The predicted octanol–water partition coefficient (Wildman–Crippen LogP) is 4.14. The number of aliphatic hydroxyl groups excluding tert-OH is 1. The van der Waals surface area contributed by atoms with Crippen molar-refractivity contribution in [3.05, 3.63) is 89.6 Å². The summed E-state index contributed by atoms with van der Waals surface area (Å²) in [5.41, 5.74) is 2.63. The molecule has 1 unspecified atom stereocenters. The van der Waals surface area contributed by atoms with Crippen LogP contribution in [0.2, 0.25) is 0 Å². The molecule has 0 radical (unpaired) electrons. The highest BCUT2D eigenvalue weighted by molar-refractivity contribution is 5.17. The second-order valence-corrected chi connectivity index (χ2v) is 9.22. The van der Waals surface area contributed by atoms with Gasteiger partial charge in [0, 0.05) is 38.6 Å². The second-order valence-electron chi connectivity index (χ2n) is 9.22. The summed E-state index contributed by atoms with van der Waals surface area (Å²) in [4.78, 5) is 9.42. The summed E-state index contributed by atoms with van der Waals surface area (Å²) >= 11 is 0. The minimum atomic E-state index is -0.0442. The van der Waals surface area contributed by atoms with E-state index in [0.717, 1.165) is 64.4 Å². The first kappa shape index (κ1) is 24.6. The largest absolute Gasteiger partial charge is 0.462 e. The minimum Gasteiger partial charge on any atom is -0.462 e. The molecule has 0 aliphatic carbocycles. The van der Waals surface area contributed by atoms with E-state index in [9.17, 15) is 5.11 Å². The number of pyridine rings is 1. The van der Waals surface area contributed by atoms with Gasteiger partial charge in [-0.1, -0.05) is 36.4 Å². The monoisotopic (exact) mass is 463 g/mol. The number of likely N-dealkylation sites (tertiary alicyclic amines) is 1. The van der Waals surface area contributed by atoms with Gasteiger partial charge in [0.05, 0.1) is 13.2 Å². The number of ether oxygens (including phenoxy) is 1. The summed E-state index contributed by atoms with van der Waals surface area (Å²) in [6.07, 6.45) is 7.16. The normalized spacial score (nSPS) is 16.2. The maximum atomic E-state index is 9.27. The molecule has 1 N–H and O–H groups in total. The summed E-state index contributed by atoms with van der Waals surface area (Å²) in [5.74, 6) is 2.17. The van der Waals surface area contributed by atoms with Gasteiger partial charge in [0.15, 0.2) is 0 Å². The molecule has 0 amide bonds. The molecule has 1 aliphatic heterocycles. The average molecular weight is 464 g/mol. The van der Waals surface area contributed by atoms with Crippen LogP contribution in [0.4, 0.5) is 0 Å². The molecule has 6 nitrogen and oxygen atoms in total. The van der Waals surface area contributed by atoms with Crippen LogP contribution in [0, 0.1) is 5.92 Å². The number of nitrogens with zero attached hydrogens (tertiary/aromatic N) is 3. The maximum Gasteiger partial charge on any atom is 0.129 e. The molecule has 1 aromatic carbocycles. The molecule has 1 atom stereocenters. The number of rotatable bonds is 12. The molecule has 0 saturated carbocycles. The number of methoxy groups -OCH3 is 1. The van der Waals surface area contributed by atoms with Crippen LogP contribution in [-0.4, -0.2) is 59.3 Å². The third kappa shape index (κ3) is 7.00. The quantitative estimate of drug-likeness (QED) is 0.436. The van der Waals surface area contributed by atoms with E-state index in [-0.39, 0.29) is 6.61 Å². The fourth-order valence-electron chi connectivity index (χ4n) is 5.05. The molecule has 2 aromatic heterocycles. The SMILES string of the molecule is COCCN(Cc1cccnc1)C(Cc1ccccc1)C1CCN(Cc2ccc(CO)o2)CC1. The van der Waals surface area contributed by atoms with Crippen molar-refractivity contribution in [2.24, 2.45) is 5.92 Å². The summed E-state index contributed by atoms with van der Waals surface area (Å²) in [6, 6.07) is 19.3. The van der Waals surface area contributed by atoms with E-state index in [1.165, 1.54) is 11.1 Å². The van der Waals surface area contributed by atoms with Crippen molar-refractivity contribution in [3.63, 3.8) is 0 Å². The number of piperidine rings is 1. The number of aromatic nitrogens is 1. The van der Waals surface area contributed by atoms with Gasteiger partial charge in [0.1, 0.15) is 18.1 Å². The molecule has 1 aliphatic rings. The summed E-state index contributed by atoms with van der Waals surface area (Å²) < 4.78 is 11.2. The lowest BCUT2D eigenvalue weighted by molar-refractivity contribution is 0.0555. The summed E-state index contributed by atoms with van der Waals surface area (Å²) in [5, 5.41) is 9.27. The van der Waals surface area contributed by atoms with E-state index in [0.29, 0.717) is 17.7 Å². The van der Waals surface area contributed by atoms with Crippen molar-refractivity contribution in [1.29, 1.82) is 0 Å². The van der Waals surface area contributed by atoms with Gasteiger partial charge in [0.2, 0.25) is 0 Å². The van der Waals surface area contributed by atoms with Gasteiger partial charge in [-0.05, 0) is 67.6 Å². The number of hydrogen-bond acceptors (Lipinski definition) is 6. The maximum absolute atomic E-state index is 9.27. The van der Waals surface area contributed by atoms with E-state index in [2.05, 4.69) is 51.2 Å². The van der Waals surface area contributed by atoms with Crippen molar-refractivity contribution < 1.29 is 14.3 Å². The van der Waals surface area contributed by atoms with Crippen LogP contribution in [0.25, 0.3) is 0 Å². The minimum absolute atomic E-state index is 0.0442. The van der Waals surface area contributed by atoms with Crippen LogP contribution in [-0.2, 0) is 30.9 Å². The van der Waals surface area contributed by atoms with Crippen molar-refractivity contribution in [1.82, 2.24) is 14.8 Å². The lowest BCUT2D eigenvalue weighted by Gasteiger charge is -2.41. The Morgan fingerprint density at radius 3 is 2.50 bits per heavy atom. The van der Waals surface area contributed by atoms with Gasteiger partial charge in [-0.15, -0.1) is 0 Å². The van der Waals surface area contributed by atoms with Crippen molar-refractivity contribution in [2.45, 2.75) is 45.0 Å². The van der Waals surface area contributed by atoms with Gasteiger partial charge in [-0.25, -0.2) is 0 Å². The number of hydrogen-bond donors (Lipinski definition) is 1. The van der Waals surface area contributed by atoms with Crippen LogP contribution >= 0.6 is 0 Å². The highest BCUT2D eigenvalue weighted by atomic mass is 16.5. The van der Waals surface area contributed by atoms with E-state index in [4.69, 9.17) is 9.15 Å². The molecular weight excluding hydrogens is 426 g/mol. The Kier molecular flexibility index (Phi) is 9.27. The standard InChI is InChI=1S/C28H37N3O3/c1-33-17-16-31(20-24-8-5-13-29-19-24)28(18-23-6-3-2-4-7-23)25-11-14-30(15-12-25)21-26-9-10-27(22-32)34-26/h2-10,13,19,25,28,32H,11-12,14-18,20-22H2,1H3. The molecule has 1 fully saturated rings. The van der Waals surface area contributed by atoms with Crippen molar-refractivity contribution in [3.8, 4) is 0 Å². The van der Waals surface area contributed by atoms with Gasteiger partial charge >= 0.3 is 0 Å². The van der Waals surface area contributed by atoms with E-state index < -0.39 is 0 Å². The average Bonchev–Trinajstić information content (AvgIpc) is 3.34. The molecule has 182 valence electrons. The Morgan fingerprint density at radius 2 is 1.82 bits per heavy atom. The molecule has 1 saturated heterocycles. The van der Waals surface area contributed by atoms with Crippen LogP contribution in [0.5, 0.6) is 0 Å². The van der Waals surface area contributed by atoms with Crippen LogP contribution in [0.1, 0.15) is 35.5 Å². The smallest absolute Gasteiger partial charge is 0.129 e. The molecule has 4 rings (SSSR count). The number of furan rings is 1. The highest BCUT2D eigenvalue weighted by Crippen LogP contribution is 2.29. The van der Waals surface area contributed by atoms with Crippen LogP contribution < -0.4 is 0 Å². The summed E-state index contributed by atoms with van der Waals surface area (Å²) in [6.45, 7) is 5.36. The zero-order valence-electron chi connectivity index (χ0n) is 20.2. The fourth-order valence-corrected chi connectivity index (χ4v) is 5.05. The Morgan fingerprint density at radius 1 is 1.06 bits per heavy atom. The molecule has 0 spiro atoms. The molecule has 3 aromatic rings. The molecule has 3 heterocycles. The topological polar surface area (TPSA) is 62.0 Å². The predicted molar refractivity (Wildman–Crippen MR) is 133 cm³/mol. The number of benzene rings is 1. The van der Waals surface area contributed by atoms with Crippen LogP contribution in [0.15, 0.2) is 71.4 Å². The second kappa shape index (κ2) is 12.8. The first-order valence-corrected chi connectivity index (χ1v) is 12.3. The van der Waals surface area contributed by atoms with Gasteiger partial charge < -0.3 is 14.3 Å².